The third kappa shape index (κ3) is 4.84. The van der Waals surface area contributed by atoms with Gasteiger partial charge in [-0.25, -0.2) is 18.2 Å². The maximum Gasteiger partial charge on any atom is 0.323 e. The second-order valence-corrected chi connectivity index (χ2v) is 9.42. The molecule has 31 heavy (non-hydrogen) atoms. The Hall–Kier alpha value is -3.43. The van der Waals surface area contributed by atoms with Crippen molar-refractivity contribution < 1.29 is 13.2 Å². The zero-order valence-corrected chi connectivity index (χ0v) is 18.3. The number of fused-ring (bicyclic) bond motifs is 1. The molecule has 3 N–H and O–H groups in total. The number of aryl methyl sites for hydroxylation is 1. The standard InChI is InChI=1S/C22H20N4O3S2/c1-2-15-8-6-7-11-18(15)24-21(27)23-16-12-13-19-20(14-16)30-22(25-19)26-31(28,29)17-9-4-3-5-10-17/h3-14H,2H2,1H3,(H,25,26)(H2,23,24,27). The number of nitrogens with zero attached hydrogens (tertiary/aromatic N) is 1. The van der Waals surface area contributed by atoms with Gasteiger partial charge in [0.2, 0.25) is 0 Å². The van der Waals surface area contributed by atoms with Crippen molar-refractivity contribution in [2.24, 2.45) is 0 Å². The molecule has 0 aliphatic rings. The first kappa shape index (κ1) is 20.8. The monoisotopic (exact) mass is 452 g/mol. The Labute approximate surface area is 184 Å². The van der Waals surface area contributed by atoms with E-state index in [1.807, 2.05) is 31.2 Å². The summed E-state index contributed by atoms with van der Waals surface area (Å²) in [6, 6.07) is 20.6. The molecule has 4 aromatic rings. The summed E-state index contributed by atoms with van der Waals surface area (Å²) in [5.74, 6) is 0. The molecule has 0 fully saturated rings. The van der Waals surface area contributed by atoms with Gasteiger partial charge in [-0.05, 0) is 48.4 Å². The van der Waals surface area contributed by atoms with Crippen molar-refractivity contribution in [3.63, 3.8) is 0 Å². The molecule has 0 radical (unpaired) electrons. The number of sulfonamides is 1. The molecule has 0 aliphatic carbocycles. The van der Waals surface area contributed by atoms with Crippen LogP contribution in [0.25, 0.3) is 10.2 Å². The Kier molecular flexibility index (Phi) is 5.88. The Bertz CT molecular complexity index is 1340. The molecule has 0 unspecified atom stereocenters. The van der Waals surface area contributed by atoms with Crippen molar-refractivity contribution in [1.29, 1.82) is 0 Å². The van der Waals surface area contributed by atoms with Gasteiger partial charge < -0.3 is 10.6 Å². The van der Waals surface area contributed by atoms with Crippen LogP contribution in [0.3, 0.4) is 0 Å². The zero-order chi connectivity index (χ0) is 21.8. The van der Waals surface area contributed by atoms with Crippen molar-refractivity contribution in [3.05, 3.63) is 78.4 Å². The van der Waals surface area contributed by atoms with Crippen molar-refractivity contribution >= 4 is 54.1 Å². The number of urea groups is 1. The number of carbonyl (C=O) groups excluding carboxylic acids is 1. The maximum absolute atomic E-state index is 12.5. The van der Waals surface area contributed by atoms with E-state index in [0.717, 1.165) is 22.4 Å². The lowest BCUT2D eigenvalue weighted by molar-refractivity contribution is 0.262. The van der Waals surface area contributed by atoms with E-state index in [0.29, 0.717) is 11.2 Å². The average molecular weight is 453 g/mol. The summed E-state index contributed by atoms with van der Waals surface area (Å²) in [6.07, 6.45) is 0.810. The van der Waals surface area contributed by atoms with E-state index in [1.165, 1.54) is 23.5 Å². The van der Waals surface area contributed by atoms with Crippen LogP contribution in [-0.4, -0.2) is 19.4 Å². The number of hydrogen-bond donors (Lipinski definition) is 3. The normalized spacial score (nSPS) is 11.3. The van der Waals surface area contributed by atoms with Gasteiger partial charge in [0, 0.05) is 11.4 Å². The van der Waals surface area contributed by atoms with E-state index in [2.05, 4.69) is 20.3 Å². The summed E-state index contributed by atoms with van der Waals surface area (Å²) in [4.78, 5) is 16.9. The number of amides is 2. The van der Waals surface area contributed by atoms with Gasteiger partial charge in [-0.3, -0.25) is 4.72 Å². The van der Waals surface area contributed by atoms with Gasteiger partial charge in [-0.15, -0.1) is 0 Å². The van der Waals surface area contributed by atoms with Crippen LogP contribution in [0.4, 0.5) is 21.3 Å². The van der Waals surface area contributed by atoms with Gasteiger partial charge in [-0.1, -0.05) is 54.7 Å². The number of hydrogen-bond acceptors (Lipinski definition) is 5. The van der Waals surface area contributed by atoms with Gasteiger partial charge in [0.05, 0.1) is 15.1 Å². The molecular weight excluding hydrogens is 432 g/mol. The van der Waals surface area contributed by atoms with Crippen LogP contribution >= 0.6 is 11.3 Å². The highest BCUT2D eigenvalue weighted by Crippen LogP contribution is 2.30. The Morgan fingerprint density at radius 3 is 2.48 bits per heavy atom. The second kappa shape index (κ2) is 8.75. The minimum absolute atomic E-state index is 0.167. The number of para-hydroxylation sites is 1. The fraction of sp³-hybridized carbons (Fsp3) is 0.0909. The summed E-state index contributed by atoms with van der Waals surface area (Å²) in [7, 11) is -3.71. The van der Waals surface area contributed by atoms with Crippen LogP contribution in [0.5, 0.6) is 0 Å². The van der Waals surface area contributed by atoms with Gasteiger partial charge in [-0.2, -0.15) is 0 Å². The molecular formula is C22H20N4O3S2. The Balaban J connectivity index is 1.49. The Morgan fingerprint density at radius 2 is 1.71 bits per heavy atom. The number of benzene rings is 3. The molecule has 0 saturated carbocycles. The van der Waals surface area contributed by atoms with E-state index in [4.69, 9.17) is 0 Å². The lowest BCUT2D eigenvalue weighted by Crippen LogP contribution is -2.20. The van der Waals surface area contributed by atoms with Crippen molar-refractivity contribution in [2.45, 2.75) is 18.2 Å². The molecule has 0 spiro atoms. The van der Waals surface area contributed by atoms with Crippen molar-refractivity contribution in [2.75, 3.05) is 15.4 Å². The maximum atomic E-state index is 12.5. The zero-order valence-electron chi connectivity index (χ0n) is 16.6. The smallest absolute Gasteiger partial charge is 0.308 e. The van der Waals surface area contributed by atoms with Gasteiger partial charge in [0.15, 0.2) is 5.13 Å². The molecule has 1 heterocycles. The van der Waals surface area contributed by atoms with E-state index in [1.54, 1.807) is 36.4 Å². The molecule has 4 rings (SSSR count). The minimum Gasteiger partial charge on any atom is -0.308 e. The first-order valence-electron chi connectivity index (χ1n) is 9.59. The number of rotatable bonds is 6. The topological polar surface area (TPSA) is 100 Å². The molecule has 0 aliphatic heterocycles. The number of aromatic nitrogens is 1. The molecule has 9 heteroatoms. The largest absolute Gasteiger partial charge is 0.323 e. The van der Waals surface area contributed by atoms with Gasteiger partial charge in [0.1, 0.15) is 0 Å². The molecule has 0 saturated heterocycles. The first-order chi connectivity index (χ1) is 14.9. The van der Waals surface area contributed by atoms with Crippen LogP contribution in [0, 0.1) is 0 Å². The van der Waals surface area contributed by atoms with Crippen LogP contribution in [0.2, 0.25) is 0 Å². The molecule has 2 amide bonds. The highest BCUT2D eigenvalue weighted by Gasteiger charge is 2.16. The second-order valence-electron chi connectivity index (χ2n) is 6.71. The van der Waals surface area contributed by atoms with E-state index < -0.39 is 10.0 Å². The third-order valence-corrected chi connectivity index (χ3v) is 6.99. The average Bonchev–Trinajstić information content (AvgIpc) is 3.15. The molecule has 0 bridgehead atoms. The van der Waals surface area contributed by atoms with E-state index in [-0.39, 0.29) is 16.1 Å². The van der Waals surface area contributed by atoms with Crippen molar-refractivity contribution in [3.8, 4) is 0 Å². The lowest BCUT2D eigenvalue weighted by atomic mass is 10.1. The highest BCUT2D eigenvalue weighted by atomic mass is 32.2. The minimum atomic E-state index is -3.71. The number of carbonyl (C=O) groups is 1. The van der Waals surface area contributed by atoms with Gasteiger partial charge >= 0.3 is 6.03 Å². The summed E-state index contributed by atoms with van der Waals surface area (Å²) in [6.45, 7) is 2.03. The van der Waals surface area contributed by atoms with Crippen LogP contribution < -0.4 is 15.4 Å². The van der Waals surface area contributed by atoms with E-state index >= 15 is 0 Å². The Morgan fingerprint density at radius 1 is 0.968 bits per heavy atom. The van der Waals surface area contributed by atoms with Gasteiger partial charge in [0.25, 0.3) is 10.0 Å². The van der Waals surface area contributed by atoms with Crippen LogP contribution in [-0.2, 0) is 16.4 Å². The number of thiazole rings is 1. The quantitative estimate of drug-likeness (QED) is 0.369. The first-order valence-corrected chi connectivity index (χ1v) is 11.9. The summed E-state index contributed by atoms with van der Waals surface area (Å²) in [5.41, 5.74) is 3.03. The summed E-state index contributed by atoms with van der Waals surface area (Å²) < 4.78 is 28.3. The number of nitrogens with one attached hydrogen (secondary N) is 3. The predicted molar refractivity (Wildman–Crippen MR) is 125 cm³/mol. The lowest BCUT2D eigenvalue weighted by Gasteiger charge is -2.10. The van der Waals surface area contributed by atoms with Crippen LogP contribution in [0.15, 0.2) is 77.7 Å². The van der Waals surface area contributed by atoms with Crippen molar-refractivity contribution in [1.82, 2.24) is 4.98 Å². The highest BCUT2D eigenvalue weighted by molar-refractivity contribution is 7.93. The fourth-order valence-electron chi connectivity index (χ4n) is 3.05. The van der Waals surface area contributed by atoms with Crippen LogP contribution in [0.1, 0.15) is 12.5 Å². The third-order valence-electron chi connectivity index (χ3n) is 4.57. The molecule has 0 atom stereocenters. The molecule has 3 aromatic carbocycles. The summed E-state index contributed by atoms with van der Waals surface area (Å²) in [5, 5.41) is 5.93. The van der Waals surface area contributed by atoms with E-state index in [9.17, 15) is 13.2 Å². The molecule has 158 valence electrons. The predicted octanol–water partition coefficient (Wildman–Crippen LogP) is 5.30. The fourth-order valence-corrected chi connectivity index (χ4v) is 5.22. The summed E-state index contributed by atoms with van der Waals surface area (Å²) >= 11 is 1.20. The molecule has 1 aromatic heterocycles. The molecule has 7 nitrogen and oxygen atoms in total. The number of anilines is 3. The SMILES string of the molecule is CCc1ccccc1NC(=O)Nc1ccc2nc(NS(=O)(=O)c3ccccc3)sc2c1.